The van der Waals surface area contributed by atoms with Crippen LogP contribution < -0.4 is 22.1 Å². The maximum absolute atomic E-state index is 14.8. The Kier molecular flexibility index (Phi) is 6.08. The number of aromatic nitrogens is 4. The lowest BCUT2D eigenvalue weighted by atomic mass is 9.84. The molecule has 1 saturated carbocycles. The Labute approximate surface area is 179 Å². The molecule has 3 aromatic rings. The molecule has 1 amide bonds. The summed E-state index contributed by atoms with van der Waals surface area (Å²) in [5.74, 6) is -0.358. The number of anilines is 3. The minimum atomic E-state index is -0.778. The predicted octanol–water partition coefficient (Wildman–Crippen LogP) is 2.57. The van der Waals surface area contributed by atoms with Gasteiger partial charge in [-0.2, -0.15) is 5.10 Å². The normalized spacial score (nSPS) is 18.5. The van der Waals surface area contributed by atoms with Crippen LogP contribution in [0.1, 0.15) is 36.0 Å². The van der Waals surface area contributed by atoms with Crippen LogP contribution >= 0.6 is 0 Å². The van der Waals surface area contributed by atoms with Gasteiger partial charge in [-0.15, -0.1) is 0 Å². The summed E-state index contributed by atoms with van der Waals surface area (Å²) in [4.78, 5) is 20.6. The Balaban J connectivity index is 1.64. The summed E-state index contributed by atoms with van der Waals surface area (Å²) in [6.07, 6.45) is 9.05. The number of nitrogens with one attached hydrogen (secondary N) is 2. The summed E-state index contributed by atoms with van der Waals surface area (Å²) in [6, 6.07) is 6.37. The lowest BCUT2D eigenvalue weighted by Gasteiger charge is -2.32. The molecule has 0 saturated heterocycles. The second-order valence-corrected chi connectivity index (χ2v) is 7.59. The minimum Gasteiger partial charge on any atom is -0.365 e. The van der Waals surface area contributed by atoms with Gasteiger partial charge in [0.05, 0.1) is 5.56 Å². The molecule has 1 unspecified atom stereocenters. The van der Waals surface area contributed by atoms with Crippen LogP contribution in [0.25, 0.3) is 5.82 Å². The van der Waals surface area contributed by atoms with Crippen molar-refractivity contribution in [3.05, 3.63) is 54.2 Å². The fourth-order valence-corrected chi connectivity index (χ4v) is 3.89. The van der Waals surface area contributed by atoms with Gasteiger partial charge in [0.25, 0.3) is 5.91 Å². The highest BCUT2D eigenvalue weighted by Gasteiger charge is 2.26. The third kappa shape index (κ3) is 4.64. The first-order valence-corrected chi connectivity index (χ1v) is 10.2. The molecule has 10 heteroatoms. The molecule has 0 radical (unpaired) electrons. The molecule has 162 valence electrons. The number of nitrogens with two attached hydrogens (primary N) is 2. The Morgan fingerprint density at radius 1 is 1.23 bits per heavy atom. The molecule has 9 nitrogen and oxygen atoms in total. The first-order valence-electron chi connectivity index (χ1n) is 10.2. The molecule has 1 aliphatic rings. The van der Waals surface area contributed by atoms with Gasteiger partial charge in [-0.3, -0.25) is 4.79 Å². The van der Waals surface area contributed by atoms with E-state index in [0.717, 1.165) is 31.7 Å². The zero-order chi connectivity index (χ0) is 21.8. The van der Waals surface area contributed by atoms with Crippen LogP contribution in [-0.4, -0.2) is 38.2 Å². The number of halogens is 1. The number of rotatable bonds is 7. The maximum Gasteiger partial charge on any atom is 0.252 e. The molecular weight excluding hydrogens is 399 g/mol. The number of hydrogen-bond donors (Lipinski definition) is 4. The van der Waals surface area contributed by atoms with Crippen molar-refractivity contribution in [3.8, 4) is 5.82 Å². The second-order valence-electron chi connectivity index (χ2n) is 7.59. The number of amides is 1. The van der Waals surface area contributed by atoms with Crippen LogP contribution in [0.5, 0.6) is 0 Å². The highest BCUT2D eigenvalue weighted by atomic mass is 19.1. The van der Waals surface area contributed by atoms with Gasteiger partial charge in [0.1, 0.15) is 5.82 Å². The molecule has 1 fully saturated rings. The number of carbonyl (C=O) groups excluding carboxylic acids is 1. The third-order valence-electron chi connectivity index (χ3n) is 5.52. The largest absolute Gasteiger partial charge is 0.365 e. The molecule has 3 heterocycles. The first kappa shape index (κ1) is 20.7. The Morgan fingerprint density at radius 2 is 2.06 bits per heavy atom. The van der Waals surface area contributed by atoms with Crippen molar-refractivity contribution in [2.24, 2.45) is 17.4 Å². The van der Waals surface area contributed by atoms with E-state index >= 15 is 0 Å². The van der Waals surface area contributed by atoms with Crippen molar-refractivity contribution in [2.45, 2.75) is 31.7 Å². The Bertz CT molecular complexity index is 1060. The standard InChI is InChI=1S/C21H25FN8O/c22-16-11-15(19(24)31)20(29-21(16)28-17-5-2-1-4-13(17)12-23)27-14-6-8-25-18(10-14)30-9-3-7-26-30/h3,6-11,13,17H,1-2,4-5,12,23H2,(H2,24,31)(H2,25,27,28,29)/t13?,17-/m1/s1. The average molecular weight is 424 g/mol. The van der Waals surface area contributed by atoms with E-state index < -0.39 is 11.7 Å². The Hall–Kier alpha value is -3.53. The third-order valence-corrected chi connectivity index (χ3v) is 5.52. The van der Waals surface area contributed by atoms with Crippen molar-refractivity contribution >= 4 is 23.2 Å². The van der Waals surface area contributed by atoms with E-state index in [9.17, 15) is 9.18 Å². The number of nitrogens with zero attached hydrogens (tertiary/aromatic N) is 4. The molecule has 1 aliphatic carbocycles. The van der Waals surface area contributed by atoms with E-state index in [-0.39, 0.29) is 29.2 Å². The molecule has 3 aromatic heterocycles. The van der Waals surface area contributed by atoms with E-state index in [1.165, 1.54) is 0 Å². The predicted molar refractivity (Wildman–Crippen MR) is 116 cm³/mol. The van der Waals surface area contributed by atoms with Crippen molar-refractivity contribution in [1.29, 1.82) is 0 Å². The van der Waals surface area contributed by atoms with Gasteiger partial charge in [0, 0.05) is 36.4 Å². The second kappa shape index (κ2) is 9.09. The minimum absolute atomic E-state index is 0.0281. The van der Waals surface area contributed by atoms with E-state index in [0.29, 0.717) is 18.1 Å². The van der Waals surface area contributed by atoms with Crippen LogP contribution in [0, 0.1) is 11.7 Å². The van der Waals surface area contributed by atoms with Gasteiger partial charge in [0.15, 0.2) is 17.5 Å². The number of carbonyl (C=O) groups is 1. The van der Waals surface area contributed by atoms with E-state index in [2.05, 4.69) is 25.7 Å². The highest BCUT2D eigenvalue weighted by molar-refractivity contribution is 5.98. The molecule has 0 aromatic carbocycles. The summed E-state index contributed by atoms with van der Waals surface area (Å²) >= 11 is 0. The monoisotopic (exact) mass is 424 g/mol. The summed E-state index contributed by atoms with van der Waals surface area (Å²) in [5.41, 5.74) is 11.9. The topological polar surface area (TPSA) is 137 Å². The molecule has 31 heavy (non-hydrogen) atoms. The summed E-state index contributed by atoms with van der Waals surface area (Å²) in [6.45, 7) is 0.525. The molecule has 6 N–H and O–H groups in total. The van der Waals surface area contributed by atoms with E-state index in [1.54, 1.807) is 41.5 Å². The molecule has 4 rings (SSSR count). The molecule has 0 aliphatic heterocycles. The summed E-state index contributed by atoms with van der Waals surface area (Å²) < 4.78 is 16.4. The lowest BCUT2D eigenvalue weighted by Crippen LogP contribution is -2.37. The number of pyridine rings is 2. The van der Waals surface area contributed by atoms with Gasteiger partial charge in [0.2, 0.25) is 0 Å². The van der Waals surface area contributed by atoms with Gasteiger partial charge in [-0.05, 0) is 43.5 Å². The van der Waals surface area contributed by atoms with Crippen LogP contribution in [0.3, 0.4) is 0 Å². The van der Waals surface area contributed by atoms with Crippen LogP contribution in [0.2, 0.25) is 0 Å². The zero-order valence-electron chi connectivity index (χ0n) is 17.0. The number of hydrogen-bond acceptors (Lipinski definition) is 7. The van der Waals surface area contributed by atoms with Gasteiger partial charge in [-0.1, -0.05) is 12.8 Å². The zero-order valence-corrected chi connectivity index (χ0v) is 17.0. The lowest BCUT2D eigenvalue weighted by molar-refractivity contribution is 0.100. The molecular formula is C21H25FN8O. The maximum atomic E-state index is 14.8. The van der Waals surface area contributed by atoms with Gasteiger partial charge < -0.3 is 22.1 Å². The van der Waals surface area contributed by atoms with Crippen molar-refractivity contribution < 1.29 is 9.18 Å². The van der Waals surface area contributed by atoms with E-state index in [4.69, 9.17) is 11.5 Å². The van der Waals surface area contributed by atoms with Crippen LogP contribution in [0.4, 0.5) is 21.7 Å². The molecule has 0 bridgehead atoms. The van der Waals surface area contributed by atoms with Gasteiger partial charge >= 0.3 is 0 Å². The smallest absolute Gasteiger partial charge is 0.252 e. The van der Waals surface area contributed by atoms with Crippen molar-refractivity contribution in [2.75, 3.05) is 17.2 Å². The highest BCUT2D eigenvalue weighted by Crippen LogP contribution is 2.29. The SMILES string of the molecule is NCC1CCCC[C@H]1Nc1nc(Nc2ccnc(-n3cccn3)c2)c(C(N)=O)cc1F. The summed E-state index contributed by atoms with van der Waals surface area (Å²) in [7, 11) is 0. The Morgan fingerprint density at radius 3 is 2.81 bits per heavy atom. The van der Waals surface area contributed by atoms with Gasteiger partial charge in [-0.25, -0.2) is 19.0 Å². The first-order chi connectivity index (χ1) is 15.0. The number of primary amides is 1. The van der Waals surface area contributed by atoms with Crippen molar-refractivity contribution in [3.63, 3.8) is 0 Å². The quantitative estimate of drug-likeness (QED) is 0.457. The van der Waals surface area contributed by atoms with Crippen LogP contribution in [0.15, 0.2) is 42.9 Å². The molecule has 0 spiro atoms. The van der Waals surface area contributed by atoms with E-state index in [1.807, 2.05) is 0 Å². The van der Waals surface area contributed by atoms with Crippen molar-refractivity contribution in [1.82, 2.24) is 19.7 Å². The fourth-order valence-electron chi connectivity index (χ4n) is 3.89. The summed E-state index contributed by atoms with van der Waals surface area (Å²) in [5, 5.41) is 10.4. The fraction of sp³-hybridized carbons (Fsp3) is 0.333. The molecule has 2 atom stereocenters. The van der Waals surface area contributed by atoms with Crippen LogP contribution in [-0.2, 0) is 0 Å². The average Bonchev–Trinajstić information content (AvgIpc) is 3.31.